The third kappa shape index (κ3) is 3.96. The minimum Gasteiger partial charge on any atom is -0.344 e. The summed E-state index contributed by atoms with van der Waals surface area (Å²) in [6, 6.07) is 7.13. The summed E-state index contributed by atoms with van der Waals surface area (Å²) in [6.07, 6.45) is 0.257. The molecular formula is C20H12F3N5O. The highest BCUT2D eigenvalue weighted by Gasteiger charge is 2.30. The van der Waals surface area contributed by atoms with Gasteiger partial charge in [-0.2, -0.15) is 13.2 Å². The Hall–Kier alpha value is -4.06. The maximum absolute atomic E-state index is 12.6. The number of nitrogens with zero attached hydrogens (tertiary/aromatic N) is 2. The molecule has 2 aromatic heterocycles. The van der Waals surface area contributed by atoms with Crippen molar-refractivity contribution >= 4 is 40.2 Å². The van der Waals surface area contributed by atoms with E-state index in [2.05, 4.69) is 37.1 Å². The predicted molar refractivity (Wildman–Crippen MR) is 104 cm³/mol. The number of aliphatic imine (C=N–C) groups is 1. The Labute approximate surface area is 162 Å². The van der Waals surface area contributed by atoms with Gasteiger partial charge in [0.1, 0.15) is 5.65 Å². The number of nitrogens with one attached hydrogen (secondary N) is 3. The number of rotatable bonds is 3. The molecule has 4 rings (SSSR count). The van der Waals surface area contributed by atoms with Crippen LogP contribution in [-0.4, -0.2) is 22.2 Å². The third-order valence-electron chi connectivity index (χ3n) is 4.08. The first-order chi connectivity index (χ1) is 13.9. The molecule has 0 saturated heterocycles. The van der Waals surface area contributed by atoms with Crippen molar-refractivity contribution in [3.05, 3.63) is 71.5 Å². The number of halogens is 3. The van der Waals surface area contributed by atoms with Crippen molar-refractivity contribution in [2.24, 2.45) is 4.99 Å². The Balaban J connectivity index is 1.49. The fraction of sp³-hybridized carbons (Fsp3) is 0.0500. The number of amides is 2. The molecule has 0 saturated carbocycles. The molecule has 0 fully saturated rings. The monoisotopic (exact) mass is 395 g/mol. The molecule has 0 unspecified atom stereocenters. The number of H-pyrrole nitrogens is 1. The number of carbonyl (C=O) groups is 1. The molecule has 0 bridgehead atoms. The maximum Gasteiger partial charge on any atom is 0.416 e. The third-order valence-corrected chi connectivity index (χ3v) is 4.08. The zero-order chi connectivity index (χ0) is 20.4. The second kappa shape index (κ2) is 7.16. The van der Waals surface area contributed by atoms with E-state index >= 15 is 0 Å². The van der Waals surface area contributed by atoms with Crippen LogP contribution in [0.2, 0.25) is 0 Å². The molecule has 0 spiro atoms. The first kappa shape index (κ1) is 18.3. The lowest BCUT2D eigenvalue weighted by Crippen LogP contribution is -2.19. The predicted octanol–water partition coefficient (Wildman–Crippen LogP) is 4.96. The van der Waals surface area contributed by atoms with Crippen LogP contribution in [0.5, 0.6) is 0 Å². The molecule has 1 aliphatic heterocycles. The van der Waals surface area contributed by atoms with E-state index in [0.29, 0.717) is 28.0 Å². The van der Waals surface area contributed by atoms with E-state index in [1.165, 1.54) is 18.3 Å². The first-order valence-electron chi connectivity index (χ1n) is 8.37. The Morgan fingerprint density at radius 2 is 1.86 bits per heavy atom. The van der Waals surface area contributed by atoms with Crippen LogP contribution < -0.4 is 10.6 Å². The van der Waals surface area contributed by atoms with Gasteiger partial charge >= 0.3 is 12.2 Å². The van der Waals surface area contributed by atoms with Gasteiger partial charge < -0.3 is 15.6 Å². The Morgan fingerprint density at radius 3 is 2.55 bits per heavy atom. The molecule has 144 valence electrons. The van der Waals surface area contributed by atoms with Gasteiger partial charge in [-0.05, 0) is 42.1 Å². The van der Waals surface area contributed by atoms with E-state index in [9.17, 15) is 18.0 Å². The molecule has 6 nitrogen and oxygen atoms in total. The summed E-state index contributed by atoms with van der Waals surface area (Å²) in [7, 11) is 0. The molecule has 29 heavy (non-hydrogen) atoms. The lowest BCUT2D eigenvalue weighted by Gasteiger charge is -2.09. The number of alkyl halides is 3. The molecule has 1 aliphatic rings. The van der Waals surface area contributed by atoms with E-state index in [4.69, 9.17) is 0 Å². The summed E-state index contributed by atoms with van der Waals surface area (Å²) in [5, 5.41) is 5.81. The SMILES string of the molecule is O=C(Nc1ccc(C(F)(F)F)cc1)Nc1c[nH]c2nc(C3=C=C=CN=C3)ccc12. The van der Waals surface area contributed by atoms with E-state index < -0.39 is 17.8 Å². The summed E-state index contributed by atoms with van der Waals surface area (Å²) in [6.45, 7) is 0. The van der Waals surface area contributed by atoms with Crippen LogP contribution in [0.4, 0.5) is 29.3 Å². The minimum atomic E-state index is -4.43. The summed E-state index contributed by atoms with van der Waals surface area (Å²) in [5.41, 5.74) is 7.47. The van der Waals surface area contributed by atoms with E-state index in [0.717, 1.165) is 12.1 Å². The van der Waals surface area contributed by atoms with Gasteiger partial charge in [0.2, 0.25) is 0 Å². The van der Waals surface area contributed by atoms with Gasteiger partial charge in [-0.15, -0.1) is 0 Å². The summed E-state index contributed by atoms with van der Waals surface area (Å²) in [4.78, 5) is 23.6. The fourth-order valence-corrected chi connectivity index (χ4v) is 2.71. The molecule has 0 aliphatic carbocycles. The van der Waals surface area contributed by atoms with Crippen LogP contribution in [0.1, 0.15) is 11.3 Å². The van der Waals surface area contributed by atoms with E-state index in [1.54, 1.807) is 24.5 Å². The van der Waals surface area contributed by atoms with Crippen LogP contribution in [-0.2, 0) is 6.18 Å². The van der Waals surface area contributed by atoms with Crippen molar-refractivity contribution in [1.29, 1.82) is 0 Å². The smallest absolute Gasteiger partial charge is 0.344 e. The van der Waals surface area contributed by atoms with Crippen molar-refractivity contribution in [3.8, 4) is 0 Å². The highest BCUT2D eigenvalue weighted by atomic mass is 19.4. The average molecular weight is 395 g/mol. The number of aromatic nitrogens is 2. The van der Waals surface area contributed by atoms with Crippen LogP contribution in [0.25, 0.3) is 16.6 Å². The molecule has 3 heterocycles. The summed E-state index contributed by atoms with van der Waals surface area (Å²) >= 11 is 0. The summed E-state index contributed by atoms with van der Waals surface area (Å²) < 4.78 is 37.8. The van der Waals surface area contributed by atoms with Crippen LogP contribution in [0.15, 0.2) is 65.2 Å². The van der Waals surface area contributed by atoms with Crippen molar-refractivity contribution in [1.82, 2.24) is 9.97 Å². The molecule has 2 amide bonds. The van der Waals surface area contributed by atoms with Crippen molar-refractivity contribution in [2.75, 3.05) is 10.6 Å². The van der Waals surface area contributed by atoms with Gasteiger partial charge in [-0.1, -0.05) is 5.73 Å². The van der Waals surface area contributed by atoms with Crippen molar-refractivity contribution in [3.63, 3.8) is 0 Å². The Bertz CT molecular complexity index is 1230. The molecule has 1 aromatic carbocycles. The molecule has 3 N–H and O–H groups in total. The molecule has 0 radical (unpaired) electrons. The highest BCUT2D eigenvalue weighted by molar-refractivity contribution is 6.10. The zero-order valence-corrected chi connectivity index (χ0v) is 14.6. The number of pyridine rings is 1. The lowest BCUT2D eigenvalue weighted by molar-refractivity contribution is -0.137. The maximum atomic E-state index is 12.6. The van der Waals surface area contributed by atoms with Crippen LogP contribution >= 0.6 is 0 Å². The molecule has 3 aromatic rings. The number of fused-ring (bicyclic) bond motifs is 1. The topological polar surface area (TPSA) is 82.2 Å². The zero-order valence-electron chi connectivity index (χ0n) is 14.6. The summed E-state index contributed by atoms with van der Waals surface area (Å²) in [5.74, 6) is 0. The molecular weight excluding hydrogens is 383 g/mol. The lowest BCUT2D eigenvalue weighted by atomic mass is 10.1. The second-order valence-electron chi connectivity index (χ2n) is 6.04. The number of hydrogen-bond acceptors (Lipinski definition) is 3. The standard InChI is InChI=1S/C20H12F3N5O/c21-20(22,23)13-3-5-14(6-4-13)26-19(29)28-17-11-25-18-15(17)7-8-16(27-18)12-2-1-9-24-10-12/h3-11H,(H,25,27)(H2,26,28,29). The number of benzene rings is 1. The molecule has 0 atom stereocenters. The van der Waals surface area contributed by atoms with Gasteiger partial charge in [0.25, 0.3) is 0 Å². The minimum absolute atomic E-state index is 0.235. The van der Waals surface area contributed by atoms with Gasteiger partial charge in [0, 0.05) is 23.5 Å². The number of aromatic amines is 1. The normalized spacial score (nSPS) is 12.9. The van der Waals surface area contributed by atoms with Crippen molar-refractivity contribution in [2.45, 2.75) is 6.18 Å². The Morgan fingerprint density at radius 1 is 1.07 bits per heavy atom. The van der Waals surface area contributed by atoms with E-state index in [-0.39, 0.29) is 5.69 Å². The van der Waals surface area contributed by atoms with Gasteiger partial charge in [-0.3, -0.25) is 4.99 Å². The van der Waals surface area contributed by atoms with Crippen LogP contribution in [0.3, 0.4) is 0 Å². The van der Waals surface area contributed by atoms with E-state index in [1.807, 2.05) is 0 Å². The quantitative estimate of drug-likeness (QED) is 0.548. The van der Waals surface area contributed by atoms with Gasteiger partial charge in [-0.25, -0.2) is 9.78 Å². The second-order valence-corrected chi connectivity index (χ2v) is 6.04. The van der Waals surface area contributed by atoms with Gasteiger partial charge in [0.05, 0.1) is 28.7 Å². The first-order valence-corrected chi connectivity index (χ1v) is 8.37. The number of hydrogen-bond donors (Lipinski definition) is 3. The number of allylic oxidation sites excluding steroid dienone is 1. The van der Waals surface area contributed by atoms with Crippen LogP contribution in [0, 0.1) is 0 Å². The highest BCUT2D eigenvalue weighted by Crippen LogP contribution is 2.30. The number of urea groups is 1. The van der Waals surface area contributed by atoms with Gasteiger partial charge in [0.15, 0.2) is 0 Å². The fourth-order valence-electron chi connectivity index (χ4n) is 2.71. The van der Waals surface area contributed by atoms with Crippen molar-refractivity contribution < 1.29 is 18.0 Å². The molecule has 9 heteroatoms. The average Bonchev–Trinajstić information content (AvgIpc) is 3.10. The number of carbonyl (C=O) groups excluding carboxylic acids is 1. The largest absolute Gasteiger partial charge is 0.416 e. The Kier molecular flexibility index (Phi) is 4.52. The number of anilines is 2.